The Morgan fingerprint density at radius 1 is 1.08 bits per heavy atom. The van der Waals surface area contributed by atoms with Crippen LogP contribution in [0.3, 0.4) is 0 Å². The molecule has 0 aliphatic rings. The molecular weight excluding hydrogens is 316 g/mol. The van der Waals surface area contributed by atoms with Crippen LogP contribution in [0.2, 0.25) is 0 Å². The maximum Gasteiger partial charge on any atom is 0.272 e. The molecule has 0 atom stereocenters. The van der Waals surface area contributed by atoms with Crippen LogP contribution in [0.1, 0.15) is 29.9 Å². The lowest BCUT2D eigenvalue weighted by Crippen LogP contribution is -2.23. The molecule has 1 aromatic heterocycles. The third-order valence-corrected chi connectivity index (χ3v) is 3.88. The summed E-state index contributed by atoms with van der Waals surface area (Å²) in [5.41, 5.74) is 2.90. The van der Waals surface area contributed by atoms with Gasteiger partial charge in [-0.1, -0.05) is 44.2 Å². The maximum atomic E-state index is 12.3. The smallest absolute Gasteiger partial charge is 0.272 e. The van der Waals surface area contributed by atoms with Crippen LogP contribution < -0.4 is 10.6 Å². The van der Waals surface area contributed by atoms with E-state index in [9.17, 15) is 9.59 Å². The van der Waals surface area contributed by atoms with Crippen LogP contribution in [-0.4, -0.2) is 22.0 Å². The number of aromatic amines is 1. The Bertz CT molecular complexity index is 897. The minimum absolute atomic E-state index is 0.0218. The van der Waals surface area contributed by atoms with E-state index in [-0.39, 0.29) is 17.7 Å². The molecule has 3 rings (SSSR count). The van der Waals surface area contributed by atoms with Gasteiger partial charge < -0.3 is 10.6 Å². The second-order valence-corrected chi connectivity index (χ2v) is 6.14. The second kappa shape index (κ2) is 7.17. The van der Waals surface area contributed by atoms with Crippen LogP contribution in [0.15, 0.2) is 48.5 Å². The van der Waals surface area contributed by atoms with Gasteiger partial charge in [0.25, 0.3) is 5.91 Å². The van der Waals surface area contributed by atoms with E-state index >= 15 is 0 Å². The molecule has 6 heteroatoms. The summed E-state index contributed by atoms with van der Waals surface area (Å²) < 4.78 is 0. The van der Waals surface area contributed by atoms with Crippen molar-refractivity contribution in [3.63, 3.8) is 0 Å². The summed E-state index contributed by atoms with van der Waals surface area (Å²) in [6.45, 7) is 4.08. The summed E-state index contributed by atoms with van der Waals surface area (Å²) in [6, 6.07) is 14.9. The molecule has 2 amide bonds. The van der Waals surface area contributed by atoms with Gasteiger partial charge in [-0.15, -0.1) is 0 Å². The van der Waals surface area contributed by atoms with Gasteiger partial charge in [0.2, 0.25) is 5.91 Å². The van der Waals surface area contributed by atoms with Gasteiger partial charge in [-0.3, -0.25) is 14.7 Å². The summed E-state index contributed by atoms with van der Waals surface area (Å²) in [6.07, 6.45) is 0. The first-order chi connectivity index (χ1) is 12.0. The first kappa shape index (κ1) is 16.7. The highest BCUT2D eigenvalue weighted by Crippen LogP contribution is 2.15. The largest absolute Gasteiger partial charge is 0.347 e. The molecule has 0 spiro atoms. The lowest BCUT2D eigenvalue weighted by Gasteiger charge is -2.09. The van der Waals surface area contributed by atoms with E-state index in [1.165, 1.54) is 0 Å². The lowest BCUT2D eigenvalue weighted by atomic mass is 10.1. The molecule has 0 radical (unpaired) electrons. The monoisotopic (exact) mass is 336 g/mol. The van der Waals surface area contributed by atoms with Crippen molar-refractivity contribution in [2.75, 3.05) is 5.32 Å². The number of hydrogen-bond donors (Lipinski definition) is 3. The molecule has 0 bridgehead atoms. The number of amides is 2. The van der Waals surface area contributed by atoms with E-state index in [1.54, 1.807) is 0 Å². The van der Waals surface area contributed by atoms with Gasteiger partial charge in [-0.05, 0) is 23.8 Å². The molecule has 2 aromatic carbocycles. The Labute approximate surface area is 145 Å². The number of para-hydroxylation sites is 1. The number of nitrogens with zero attached hydrogens (tertiary/aromatic N) is 1. The van der Waals surface area contributed by atoms with E-state index < -0.39 is 0 Å². The summed E-state index contributed by atoms with van der Waals surface area (Å²) in [5.74, 6) is -0.316. The molecule has 128 valence electrons. The molecule has 0 saturated carbocycles. The summed E-state index contributed by atoms with van der Waals surface area (Å²) >= 11 is 0. The normalized spacial score (nSPS) is 10.8. The van der Waals surface area contributed by atoms with Crippen LogP contribution in [0.4, 0.5) is 5.69 Å². The van der Waals surface area contributed by atoms with Gasteiger partial charge in [0.15, 0.2) is 5.69 Å². The van der Waals surface area contributed by atoms with Crippen LogP contribution in [-0.2, 0) is 11.3 Å². The highest BCUT2D eigenvalue weighted by atomic mass is 16.2. The number of rotatable bonds is 5. The van der Waals surface area contributed by atoms with Gasteiger partial charge in [-0.2, -0.15) is 5.10 Å². The van der Waals surface area contributed by atoms with Crippen LogP contribution >= 0.6 is 0 Å². The molecule has 0 unspecified atom stereocenters. The molecule has 25 heavy (non-hydrogen) atoms. The summed E-state index contributed by atoms with van der Waals surface area (Å²) in [7, 11) is 0. The van der Waals surface area contributed by atoms with Crippen molar-refractivity contribution in [2.24, 2.45) is 5.92 Å². The average molecular weight is 336 g/mol. The topological polar surface area (TPSA) is 86.9 Å². The van der Waals surface area contributed by atoms with E-state index in [1.807, 2.05) is 62.4 Å². The molecule has 3 aromatic rings. The zero-order valence-corrected chi connectivity index (χ0v) is 14.2. The van der Waals surface area contributed by atoms with Crippen LogP contribution in [0.5, 0.6) is 0 Å². The number of hydrogen-bond acceptors (Lipinski definition) is 3. The molecule has 0 aliphatic heterocycles. The van der Waals surface area contributed by atoms with Gasteiger partial charge in [0.1, 0.15) is 0 Å². The third-order valence-electron chi connectivity index (χ3n) is 3.88. The number of benzene rings is 2. The van der Waals surface area contributed by atoms with Crippen molar-refractivity contribution >= 4 is 28.4 Å². The van der Waals surface area contributed by atoms with Crippen LogP contribution in [0, 0.1) is 5.92 Å². The standard InChI is InChI=1S/C19H20N4O2/c1-12(2)18(24)21-14-9-7-13(8-10-14)11-20-19(25)17-15-5-3-4-6-16(15)22-23-17/h3-10,12H,11H2,1-2H3,(H,20,25)(H,21,24)(H,22,23). The molecule has 0 fully saturated rings. The number of carbonyl (C=O) groups is 2. The fourth-order valence-electron chi connectivity index (χ4n) is 2.40. The summed E-state index contributed by atoms with van der Waals surface area (Å²) in [4.78, 5) is 24.0. The molecular formula is C19H20N4O2. The number of nitrogens with one attached hydrogen (secondary N) is 3. The van der Waals surface area contributed by atoms with E-state index in [4.69, 9.17) is 0 Å². The predicted octanol–water partition coefficient (Wildman–Crippen LogP) is 3.09. The Morgan fingerprint density at radius 3 is 2.52 bits per heavy atom. The third kappa shape index (κ3) is 3.85. The van der Waals surface area contributed by atoms with Crippen molar-refractivity contribution in [1.29, 1.82) is 0 Å². The zero-order chi connectivity index (χ0) is 17.8. The second-order valence-electron chi connectivity index (χ2n) is 6.14. The van der Waals surface area contributed by atoms with E-state index in [0.717, 1.165) is 22.2 Å². The van der Waals surface area contributed by atoms with Crippen molar-refractivity contribution in [3.05, 3.63) is 59.8 Å². The fraction of sp³-hybridized carbons (Fsp3) is 0.211. The van der Waals surface area contributed by atoms with Crippen molar-refractivity contribution in [3.8, 4) is 0 Å². The maximum absolute atomic E-state index is 12.3. The Balaban J connectivity index is 1.61. The minimum Gasteiger partial charge on any atom is -0.347 e. The Hall–Kier alpha value is -3.15. The van der Waals surface area contributed by atoms with Crippen molar-refractivity contribution in [2.45, 2.75) is 20.4 Å². The fourth-order valence-corrected chi connectivity index (χ4v) is 2.40. The molecule has 0 aliphatic carbocycles. The van der Waals surface area contributed by atoms with Gasteiger partial charge in [0.05, 0.1) is 5.52 Å². The molecule has 0 saturated heterocycles. The average Bonchev–Trinajstić information content (AvgIpc) is 3.05. The first-order valence-electron chi connectivity index (χ1n) is 8.15. The molecule has 3 N–H and O–H groups in total. The molecule has 1 heterocycles. The van der Waals surface area contributed by atoms with Crippen molar-refractivity contribution < 1.29 is 9.59 Å². The predicted molar refractivity (Wildman–Crippen MR) is 97.2 cm³/mol. The van der Waals surface area contributed by atoms with E-state index in [2.05, 4.69) is 20.8 Å². The number of H-pyrrole nitrogens is 1. The lowest BCUT2D eigenvalue weighted by molar-refractivity contribution is -0.118. The van der Waals surface area contributed by atoms with E-state index in [0.29, 0.717) is 12.2 Å². The van der Waals surface area contributed by atoms with Gasteiger partial charge >= 0.3 is 0 Å². The minimum atomic E-state index is -0.227. The van der Waals surface area contributed by atoms with Gasteiger partial charge in [0, 0.05) is 23.5 Å². The molecule has 6 nitrogen and oxygen atoms in total. The van der Waals surface area contributed by atoms with Gasteiger partial charge in [-0.25, -0.2) is 0 Å². The number of carbonyl (C=O) groups excluding carboxylic acids is 2. The zero-order valence-electron chi connectivity index (χ0n) is 14.2. The summed E-state index contributed by atoms with van der Waals surface area (Å²) in [5, 5.41) is 13.4. The Kier molecular flexibility index (Phi) is 4.79. The number of aromatic nitrogens is 2. The highest BCUT2D eigenvalue weighted by molar-refractivity contribution is 6.04. The number of fused-ring (bicyclic) bond motifs is 1. The highest BCUT2D eigenvalue weighted by Gasteiger charge is 2.13. The van der Waals surface area contributed by atoms with Crippen molar-refractivity contribution in [1.82, 2.24) is 15.5 Å². The number of anilines is 1. The Morgan fingerprint density at radius 2 is 1.80 bits per heavy atom. The first-order valence-corrected chi connectivity index (χ1v) is 8.15. The quantitative estimate of drug-likeness (QED) is 0.669. The van der Waals surface area contributed by atoms with Crippen LogP contribution in [0.25, 0.3) is 10.9 Å². The SMILES string of the molecule is CC(C)C(=O)Nc1ccc(CNC(=O)c2n[nH]c3ccccc23)cc1.